The van der Waals surface area contributed by atoms with Gasteiger partial charge in [0.25, 0.3) is 0 Å². The molecule has 33 heavy (non-hydrogen) atoms. The van der Waals surface area contributed by atoms with Crippen LogP contribution in [0.2, 0.25) is 0 Å². The van der Waals surface area contributed by atoms with Gasteiger partial charge in [0.1, 0.15) is 11.6 Å². The molecule has 3 saturated carbocycles. The van der Waals surface area contributed by atoms with Crippen LogP contribution >= 0.6 is 0 Å². The predicted octanol–water partition coefficient (Wildman–Crippen LogP) is 8.06. The second-order valence-corrected chi connectivity index (χ2v) is 10.8. The quantitative estimate of drug-likeness (QED) is 0.237. The summed E-state index contributed by atoms with van der Waals surface area (Å²) in [5, 5.41) is 0. The van der Waals surface area contributed by atoms with E-state index in [0.29, 0.717) is 17.7 Å². The Hall–Kier alpha value is -1.90. The Morgan fingerprint density at radius 1 is 1.00 bits per heavy atom. The summed E-state index contributed by atoms with van der Waals surface area (Å²) in [6.07, 6.45) is 20.0. The number of allylic oxidation sites excluding steroid dienone is 3. The van der Waals surface area contributed by atoms with Gasteiger partial charge in [0.15, 0.2) is 0 Å². The highest BCUT2D eigenvalue weighted by molar-refractivity contribution is 5.75. The van der Waals surface area contributed by atoms with Gasteiger partial charge in [0.2, 0.25) is 0 Å². The van der Waals surface area contributed by atoms with E-state index in [4.69, 9.17) is 4.74 Å². The Morgan fingerprint density at radius 3 is 2.36 bits per heavy atom. The lowest BCUT2D eigenvalue weighted by molar-refractivity contribution is -0.140. The van der Waals surface area contributed by atoms with Gasteiger partial charge in [-0.3, -0.25) is 4.79 Å². The average molecular weight is 453 g/mol. The van der Waals surface area contributed by atoms with Gasteiger partial charge in [0, 0.05) is 6.07 Å². The zero-order valence-electron chi connectivity index (χ0n) is 20.3. The molecule has 1 aromatic rings. The van der Waals surface area contributed by atoms with E-state index in [9.17, 15) is 9.18 Å². The summed E-state index contributed by atoms with van der Waals surface area (Å²) in [5.41, 5.74) is 0.668. The molecule has 4 rings (SSSR count). The van der Waals surface area contributed by atoms with Gasteiger partial charge in [-0.15, -0.1) is 6.58 Å². The van der Waals surface area contributed by atoms with Crippen molar-refractivity contribution < 1.29 is 13.9 Å². The molecule has 0 spiro atoms. The monoisotopic (exact) mass is 452 g/mol. The molecule has 0 aromatic heterocycles. The molecule has 3 aliphatic carbocycles. The zero-order chi connectivity index (χ0) is 23.2. The molecule has 0 bridgehead atoms. The van der Waals surface area contributed by atoms with Crippen molar-refractivity contribution in [3.8, 4) is 5.75 Å². The maximum Gasteiger partial charge on any atom is 0.314 e. The number of ether oxygens (including phenoxy) is 1. The van der Waals surface area contributed by atoms with Crippen molar-refractivity contribution in [1.82, 2.24) is 0 Å². The molecule has 0 saturated heterocycles. The lowest BCUT2D eigenvalue weighted by Crippen LogP contribution is -2.35. The average Bonchev–Trinajstić information content (AvgIpc) is 2.85. The van der Waals surface area contributed by atoms with Crippen LogP contribution in [-0.4, -0.2) is 5.97 Å². The summed E-state index contributed by atoms with van der Waals surface area (Å²) in [7, 11) is 0. The van der Waals surface area contributed by atoms with E-state index >= 15 is 0 Å². The first-order valence-electron chi connectivity index (χ1n) is 13.3. The van der Waals surface area contributed by atoms with E-state index in [1.165, 1.54) is 44.6 Å². The number of esters is 1. The molecule has 4 unspecified atom stereocenters. The molecule has 4 atom stereocenters. The largest absolute Gasteiger partial charge is 0.426 e. The van der Waals surface area contributed by atoms with Crippen LogP contribution in [0, 0.1) is 41.3 Å². The highest BCUT2D eigenvalue weighted by Crippen LogP contribution is 2.49. The molecule has 180 valence electrons. The van der Waals surface area contributed by atoms with Crippen LogP contribution < -0.4 is 4.74 Å². The molecule has 3 aliphatic rings. The zero-order valence-corrected chi connectivity index (χ0v) is 20.3. The number of hydrogen-bond donors (Lipinski definition) is 0. The van der Waals surface area contributed by atoms with Crippen molar-refractivity contribution in [3.05, 3.63) is 54.4 Å². The summed E-state index contributed by atoms with van der Waals surface area (Å²) in [6, 6.07) is 4.85. The molecular weight excluding hydrogens is 411 g/mol. The normalized spacial score (nSPS) is 32.3. The van der Waals surface area contributed by atoms with Crippen molar-refractivity contribution in [2.75, 3.05) is 0 Å². The first-order valence-corrected chi connectivity index (χ1v) is 13.3. The van der Waals surface area contributed by atoms with E-state index < -0.39 is 0 Å². The Bertz CT molecular complexity index is 836. The Morgan fingerprint density at radius 2 is 1.67 bits per heavy atom. The molecule has 2 nitrogen and oxygen atoms in total. The van der Waals surface area contributed by atoms with Gasteiger partial charge in [-0.2, -0.15) is 0 Å². The summed E-state index contributed by atoms with van der Waals surface area (Å²) in [5.74, 6) is 4.01. The van der Waals surface area contributed by atoms with Crippen molar-refractivity contribution in [1.29, 1.82) is 0 Å². The number of aryl methyl sites for hydroxylation is 1. The molecule has 3 fully saturated rings. The van der Waals surface area contributed by atoms with Crippen LogP contribution in [0.25, 0.3) is 0 Å². The maximum absolute atomic E-state index is 14.4. The van der Waals surface area contributed by atoms with E-state index in [0.717, 1.165) is 61.7 Å². The highest BCUT2D eigenvalue weighted by atomic mass is 19.1. The van der Waals surface area contributed by atoms with Crippen LogP contribution in [0.15, 0.2) is 43.0 Å². The molecule has 0 aliphatic heterocycles. The maximum atomic E-state index is 14.4. The number of fused-ring (bicyclic) bond motifs is 1. The molecule has 0 radical (unpaired) electrons. The fourth-order valence-electron chi connectivity index (χ4n) is 6.83. The molecule has 1 aromatic carbocycles. The number of hydrogen-bond acceptors (Lipinski definition) is 2. The Kier molecular flexibility index (Phi) is 8.44. The second-order valence-electron chi connectivity index (χ2n) is 10.8. The second kappa shape index (κ2) is 11.5. The van der Waals surface area contributed by atoms with Crippen molar-refractivity contribution >= 4 is 5.97 Å². The Labute approximate surface area is 199 Å². The van der Waals surface area contributed by atoms with E-state index in [1.807, 2.05) is 19.1 Å². The summed E-state index contributed by atoms with van der Waals surface area (Å²) < 4.78 is 20.0. The summed E-state index contributed by atoms with van der Waals surface area (Å²) in [6.45, 7) is 5.99. The fraction of sp³-hybridized carbons (Fsp3) is 0.633. The third-order valence-electron chi connectivity index (χ3n) is 8.86. The van der Waals surface area contributed by atoms with Crippen LogP contribution in [0.1, 0.15) is 83.1 Å². The van der Waals surface area contributed by atoms with Gasteiger partial charge < -0.3 is 4.74 Å². The molecule has 0 heterocycles. The minimum absolute atomic E-state index is 0.0435. The molecule has 3 heteroatoms. The molecular formula is C30H41FO2. The minimum Gasteiger partial charge on any atom is -0.426 e. The summed E-state index contributed by atoms with van der Waals surface area (Å²) in [4.78, 5) is 12.7. The van der Waals surface area contributed by atoms with Gasteiger partial charge in [-0.25, -0.2) is 4.39 Å². The lowest BCUT2D eigenvalue weighted by atomic mass is 9.61. The van der Waals surface area contributed by atoms with E-state index in [2.05, 4.69) is 12.7 Å². The first kappa shape index (κ1) is 24.2. The number of benzene rings is 1. The fourth-order valence-corrected chi connectivity index (χ4v) is 6.83. The van der Waals surface area contributed by atoms with Gasteiger partial charge in [-0.1, -0.05) is 24.3 Å². The van der Waals surface area contributed by atoms with Crippen molar-refractivity contribution in [3.63, 3.8) is 0 Å². The standard InChI is InChI=1S/C30H41FO2/c1-3-5-6-7-23-16-17-28(20-29(23)31)33-30(32)24-12-10-22(11-13-24)26-15-14-25-18-21(4-2)8-9-27(25)19-26/h3-5,16-17,20-22,24-27H,2,6-15,18-19H2,1H3/b5-3+. The first-order chi connectivity index (χ1) is 16.1. The van der Waals surface area contributed by atoms with Gasteiger partial charge >= 0.3 is 5.97 Å². The molecule has 0 amide bonds. The highest BCUT2D eigenvalue weighted by Gasteiger charge is 2.39. The summed E-state index contributed by atoms with van der Waals surface area (Å²) >= 11 is 0. The third kappa shape index (κ3) is 6.16. The topological polar surface area (TPSA) is 26.3 Å². The smallest absolute Gasteiger partial charge is 0.314 e. The number of halogens is 1. The van der Waals surface area contributed by atoms with Crippen molar-refractivity contribution in [2.24, 2.45) is 35.5 Å². The van der Waals surface area contributed by atoms with Gasteiger partial charge in [0.05, 0.1) is 5.92 Å². The lowest BCUT2D eigenvalue weighted by Gasteiger charge is -2.45. The third-order valence-corrected chi connectivity index (χ3v) is 8.86. The van der Waals surface area contributed by atoms with E-state index in [-0.39, 0.29) is 17.7 Å². The SMILES string of the molecule is C=CC1CCC2CC(C3CCC(C(=O)Oc4ccc(CC/C=C/C)c(F)c4)CC3)CCC2C1. The van der Waals surface area contributed by atoms with Crippen molar-refractivity contribution in [2.45, 2.75) is 84.0 Å². The van der Waals surface area contributed by atoms with Gasteiger partial charge in [-0.05, 0) is 125 Å². The number of carbonyl (C=O) groups is 1. The minimum atomic E-state index is -0.286. The van der Waals surface area contributed by atoms with Crippen LogP contribution in [0.4, 0.5) is 4.39 Å². The number of carbonyl (C=O) groups excluding carboxylic acids is 1. The Balaban J connectivity index is 1.23. The number of rotatable bonds is 7. The molecule has 0 N–H and O–H groups in total. The van der Waals surface area contributed by atoms with Crippen LogP contribution in [0.5, 0.6) is 5.75 Å². The van der Waals surface area contributed by atoms with Crippen LogP contribution in [-0.2, 0) is 11.2 Å². The van der Waals surface area contributed by atoms with E-state index in [1.54, 1.807) is 12.1 Å². The predicted molar refractivity (Wildman–Crippen MR) is 132 cm³/mol. The van der Waals surface area contributed by atoms with Crippen LogP contribution in [0.3, 0.4) is 0 Å².